The molecule has 17 heteroatoms. The molecule has 5 aliphatic heterocycles. The van der Waals surface area contributed by atoms with Crippen LogP contribution in [0, 0.1) is 12.3 Å². The average Bonchev–Trinajstić information content (AvgIpc) is 3.48. The van der Waals surface area contributed by atoms with Crippen LogP contribution in [0.25, 0.3) is 10.9 Å². The zero-order valence-corrected chi connectivity index (χ0v) is 34.4. The summed E-state index contributed by atoms with van der Waals surface area (Å²) < 4.78 is 85.2. The van der Waals surface area contributed by atoms with Crippen LogP contribution in [0.2, 0.25) is 0 Å². The highest BCUT2D eigenvalue weighted by atomic mass is 19.4. The van der Waals surface area contributed by atoms with Crippen LogP contribution in [0.3, 0.4) is 0 Å². The Hall–Kier alpha value is -4.25. The largest absolute Gasteiger partial charge is 0.463 e. The van der Waals surface area contributed by atoms with Crippen molar-refractivity contribution in [2.75, 3.05) is 50.8 Å². The highest BCUT2D eigenvalue weighted by molar-refractivity contribution is 5.98. The van der Waals surface area contributed by atoms with Crippen LogP contribution in [-0.2, 0) is 26.8 Å². The highest BCUT2D eigenvalue weighted by Crippen LogP contribution is 2.49. The van der Waals surface area contributed by atoms with Crippen LogP contribution < -0.4 is 9.64 Å². The lowest BCUT2D eigenvalue weighted by molar-refractivity contribution is -0.139. The predicted octanol–water partition coefficient (Wildman–Crippen LogP) is 7.49. The van der Waals surface area contributed by atoms with Gasteiger partial charge >= 0.3 is 24.2 Å². The molecule has 1 amide bonds. The van der Waals surface area contributed by atoms with Gasteiger partial charge in [0.05, 0.1) is 41.2 Å². The number of nitrogens with zero attached hydrogens (tertiary/aromatic N) is 7. The molecule has 1 aromatic carbocycles. The molecule has 3 aromatic rings. The number of aryl methyl sites for hydroxylation is 1. The maximum atomic E-state index is 15.1. The van der Waals surface area contributed by atoms with Crippen molar-refractivity contribution in [1.82, 2.24) is 29.5 Å². The van der Waals surface area contributed by atoms with Crippen LogP contribution in [0.1, 0.15) is 124 Å². The molecule has 2 unspecified atom stereocenters. The van der Waals surface area contributed by atoms with E-state index in [1.54, 1.807) is 9.58 Å². The number of cyclic esters (lactones) is 1. The number of hydrogen-bond donors (Lipinski definition) is 0. The minimum Gasteiger partial charge on any atom is -0.463 e. The van der Waals surface area contributed by atoms with E-state index in [-0.39, 0.29) is 64.1 Å². The van der Waals surface area contributed by atoms with Gasteiger partial charge in [0, 0.05) is 62.1 Å². The van der Waals surface area contributed by atoms with E-state index in [0.29, 0.717) is 70.5 Å². The molecule has 0 radical (unpaired) electrons. The Morgan fingerprint density at radius 1 is 1.07 bits per heavy atom. The number of carbonyl (C=O) groups is 2. The van der Waals surface area contributed by atoms with Gasteiger partial charge in [-0.05, 0) is 97.6 Å². The first kappa shape index (κ1) is 40.2. The molecule has 5 fully saturated rings. The van der Waals surface area contributed by atoms with Gasteiger partial charge in [0.2, 0.25) is 0 Å². The highest BCUT2D eigenvalue weighted by Gasteiger charge is 2.54. The third-order valence-electron chi connectivity index (χ3n) is 13.0. The number of alkyl halides is 4. The quantitative estimate of drug-likeness (QED) is 0.166. The van der Waals surface area contributed by atoms with Crippen LogP contribution in [-0.4, -0.2) is 111 Å². The number of esters is 1. The van der Waals surface area contributed by atoms with Crippen molar-refractivity contribution in [3.8, 4) is 6.01 Å². The van der Waals surface area contributed by atoms with E-state index in [9.17, 15) is 14.0 Å². The summed E-state index contributed by atoms with van der Waals surface area (Å²) in [5.41, 5.74) is -1.89. The standard InChI is InChI=1S/C42H53F4N7O6/c1-24-16-29-27(18-47-53(29)31-8-6-7-15-56-31)32(34(24)42(44,45)46)30-17-28-33(36(54)58-30)35(49-37(48-28)57-23-41(12-13-41)22-50-14-10-25(43)19-50)51-20-26-9-11-40(5,21-51)52(26)38(55)59-39(2,3)4/h16,18,25-26,30-31H,6-15,17,19-23H2,1-5H3/t25-,26-,30?,31?,40+/m1/s1. The molecule has 2 bridgehead atoms. The first-order valence-electron chi connectivity index (χ1n) is 21.0. The Labute approximate surface area is 340 Å². The van der Waals surface area contributed by atoms with Crippen molar-refractivity contribution in [1.29, 1.82) is 0 Å². The van der Waals surface area contributed by atoms with Gasteiger partial charge in [0.25, 0.3) is 0 Å². The molecule has 4 saturated heterocycles. The molecule has 1 aliphatic carbocycles. The number of fused-ring (bicyclic) bond motifs is 4. The third-order valence-corrected chi connectivity index (χ3v) is 13.0. The molecule has 7 heterocycles. The van der Waals surface area contributed by atoms with E-state index >= 15 is 13.2 Å². The number of aromatic nitrogens is 4. The number of carbonyl (C=O) groups excluding carboxylic acids is 2. The van der Waals surface area contributed by atoms with E-state index in [1.165, 1.54) is 19.2 Å². The van der Waals surface area contributed by atoms with Gasteiger partial charge in [0.15, 0.2) is 12.0 Å². The fraction of sp³-hybridized carbons (Fsp3) is 0.690. The number of amides is 1. The van der Waals surface area contributed by atoms with Gasteiger partial charge in [-0.15, -0.1) is 0 Å². The average molecular weight is 828 g/mol. The number of rotatable bonds is 8. The Bertz CT molecular complexity index is 2150. The molecule has 5 atom stereocenters. The fourth-order valence-electron chi connectivity index (χ4n) is 10.1. The van der Waals surface area contributed by atoms with Crippen molar-refractivity contribution in [2.45, 2.75) is 134 Å². The summed E-state index contributed by atoms with van der Waals surface area (Å²) in [4.78, 5) is 43.4. The molecule has 6 aliphatic rings. The predicted molar refractivity (Wildman–Crippen MR) is 207 cm³/mol. The van der Waals surface area contributed by atoms with Gasteiger partial charge in [-0.2, -0.15) is 28.2 Å². The molecular formula is C42H53F4N7O6. The van der Waals surface area contributed by atoms with Crippen molar-refractivity contribution in [3.63, 3.8) is 0 Å². The smallest absolute Gasteiger partial charge is 0.417 e. The van der Waals surface area contributed by atoms with Crippen molar-refractivity contribution in [3.05, 3.63) is 40.2 Å². The minimum atomic E-state index is -4.77. The number of benzene rings is 1. The summed E-state index contributed by atoms with van der Waals surface area (Å²) >= 11 is 0. The lowest BCUT2D eigenvalue weighted by Crippen LogP contribution is -2.63. The lowest BCUT2D eigenvalue weighted by Gasteiger charge is -2.48. The van der Waals surface area contributed by atoms with E-state index in [0.717, 1.165) is 25.7 Å². The van der Waals surface area contributed by atoms with E-state index in [4.69, 9.17) is 28.9 Å². The number of hydrogen-bond acceptors (Lipinski definition) is 11. The molecule has 59 heavy (non-hydrogen) atoms. The van der Waals surface area contributed by atoms with E-state index in [2.05, 4.69) is 10.00 Å². The summed E-state index contributed by atoms with van der Waals surface area (Å²) in [5.74, 6) is -0.586. The summed E-state index contributed by atoms with van der Waals surface area (Å²) in [5, 5.41) is 4.74. The molecule has 0 spiro atoms. The molecular weight excluding hydrogens is 774 g/mol. The van der Waals surface area contributed by atoms with Gasteiger partial charge < -0.3 is 23.8 Å². The van der Waals surface area contributed by atoms with Crippen LogP contribution in [0.5, 0.6) is 6.01 Å². The SMILES string of the molecule is Cc1cc2c(cnn2C2CCCCO2)c(C2Cc3nc(OCC4(CN5CC[C@@H](F)C5)CC4)nc(N4C[C@H]5CC[C@@](C)(C4)N5C(=O)OC(C)(C)C)c3C(=O)O2)c1C(F)(F)F. The molecule has 2 aromatic heterocycles. The first-order chi connectivity index (χ1) is 27.9. The molecule has 13 nitrogen and oxygen atoms in total. The topological polar surface area (TPSA) is 124 Å². The Kier molecular flexibility index (Phi) is 9.84. The zero-order valence-electron chi connectivity index (χ0n) is 34.4. The third kappa shape index (κ3) is 7.59. The first-order valence-corrected chi connectivity index (χ1v) is 21.0. The lowest BCUT2D eigenvalue weighted by atomic mass is 9.89. The van der Waals surface area contributed by atoms with E-state index < -0.39 is 53.4 Å². The minimum absolute atomic E-state index is 0.00281. The van der Waals surface area contributed by atoms with E-state index in [1.807, 2.05) is 32.6 Å². The maximum Gasteiger partial charge on any atom is 0.417 e. The second kappa shape index (κ2) is 14.4. The Balaban J connectivity index is 1.09. The monoisotopic (exact) mass is 827 g/mol. The summed E-state index contributed by atoms with van der Waals surface area (Å²) in [7, 11) is 0. The molecule has 320 valence electrons. The summed E-state index contributed by atoms with van der Waals surface area (Å²) in [6.07, 6.45) is -0.432. The van der Waals surface area contributed by atoms with Gasteiger partial charge in [-0.25, -0.2) is 18.7 Å². The summed E-state index contributed by atoms with van der Waals surface area (Å²) in [6.45, 7) is 12.0. The second-order valence-electron chi connectivity index (χ2n) is 18.9. The Morgan fingerprint density at radius 2 is 1.86 bits per heavy atom. The Morgan fingerprint density at radius 3 is 2.53 bits per heavy atom. The number of halogens is 4. The van der Waals surface area contributed by atoms with Crippen LogP contribution in [0.4, 0.5) is 28.2 Å². The van der Waals surface area contributed by atoms with Gasteiger partial charge in [0.1, 0.15) is 23.4 Å². The van der Waals surface area contributed by atoms with Crippen LogP contribution >= 0.6 is 0 Å². The molecule has 0 N–H and O–H groups in total. The number of anilines is 1. The van der Waals surface area contributed by atoms with Crippen molar-refractivity contribution in [2.24, 2.45) is 5.41 Å². The van der Waals surface area contributed by atoms with Gasteiger partial charge in [-0.3, -0.25) is 9.80 Å². The summed E-state index contributed by atoms with van der Waals surface area (Å²) in [6, 6.07) is 1.23. The number of piperazine rings is 1. The van der Waals surface area contributed by atoms with Crippen molar-refractivity contribution < 1.29 is 46.1 Å². The van der Waals surface area contributed by atoms with Gasteiger partial charge in [-0.1, -0.05) is 0 Å². The normalized spacial score (nSPS) is 28.2. The molecule has 9 rings (SSSR count). The maximum absolute atomic E-state index is 15.1. The zero-order chi connectivity index (χ0) is 41.6. The fourth-order valence-corrected chi connectivity index (χ4v) is 10.1. The van der Waals surface area contributed by atoms with Crippen LogP contribution in [0.15, 0.2) is 12.3 Å². The van der Waals surface area contributed by atoms with Crippen molar-refractivity contribution >= 4 is 28.8 Å². The second-order valence-corrected chi connectivity index (χ2v) is 18.9. The number of ether oxygens (including phenoxy) is 4. The molecule has 1 saturated carbocycles. The number of likely N-dealkylation sites (tertiary alicyclic amines) is 1.